The van der Waals surface area contributed by atoms with Crippen molar-refractivity contribution in [3.8, 4) is 11.5 Å². The lowest BCUT2D eigenvalue weighted by atomic mass is 9.95. The monoisotopic (exact) mass is 602 g/mol. The summed E-state index contributed by atoms with van der Waals surface area (Å²) in [6, 6.07) is 9.07. The Morgan fingerprint density at radius 2 is 1.90 bits per heavy atom. The molecule has 210 valence electrons. The van der Waals surface area contributed by atoms with Gasteiger partial charge in [0.05, 0.1) is 35.1 Å². The van der Waals surface area contributed by atoms with Crippen molar-refractivity contribution in [2.24, 2.45) is 10.9 Å². The molecule has 1 atom stereocenters. The van der Waals surface area contributed by atoms with E-state index >= 15 is 0 Å². The van der Waals surface area contributed by atoms with Crippen LogP contribution in [0.4, 0.5) is 0 Å². The maximum atomic E-state index is 13.9. The second-order valence-electron chi connectivity index (χ2n) is 9.47. The third-order valence-electron chi connectivity index (χ3n) is 5.88. The van der Waals surface area contributed by atoms with Crippen molar-refractivity contribution in [1.82, 2.24) is 4.57 Å². The number of nitrogens with zero attached hydrogens (tertiary/aromatic N) is 2. The summed E-state index contributed by atoms with van der Waals surface area (Å²) in [4.78, 5) is 44.0. The highest BCUT2D eigenvalue weighted by Crippen LogP contribution is 2.36. The van der Waals surface area contributed by atoms with Crippen LogP contribution in [0.1, 0.15) is 51.8 Å². The SMILES string of the molecule is CCOc1cc([C@@H]2C(C(=O)OCC(C)C)=C(C)N=c3s/c(=C/c4ccc(Cl)cc4Cl)c(=O)n32)ccc1OC(C)=O. The quantitative estimate of drug-likeness (QED) is 0.264. The molecule has 40 heavy (non-hydrogen) atoms. The van der Waals surface area contributed by atoms with Crippen LogP contribution in [-0.4, -0.2) is 29.7 Å². The van der Waals surface area contributed by atoms with Gasteiger partial charge in [0.2, 0.25) is 0 Å². The van der Waals surface area contributed by atoms with Gasteiger partial charge in [-0.05, 0) is 61.2 Å². The molecule has 8 nitrogen and oxygen atoms in total. The summed E-state index contributed by atoms with van der Waals surface area (Å²) in [7, 11) is 0. The van der Waals surface area contributed by atoms with E-state index in [1.807, 2.05) is 13.8 Å². The van der Waals surface area contributed by atoms with Gasteiger partial charge in [-0.3, -0.25) is 14.2 Å². The van der Waals surface area contributed by atoms with Crippen LogP contribution in [0.5, 0.6) is 11.5 Å². The summed E-state index contributed by atoms with van der Waals surface area (Å²) < 4.78 is 18.5. The molecule has 4 rings (SSSR count). The highest BCUT2D eigenvalue weighted by molar-refractivity contribution is 7.07. The standard InChI is InChI=1S/C29H28Cl2N2O6S/c1-6-37-23-11-19(8-10-22(23)39-17(5)34)26-25(28(36)38-14-15(2)3)16(4)32-29-33(26)27(35)24(40-29)12-18-7-9-20(30)13-21(18)31/h7-13,15,26H,6,14H2,1-5H3/b24-12+/t26-/m1/s1. The van der Waals surface area contributed by atoms with E-state index in [0.29, 0.717) is 48.6 Å². The lowest BCUT2D eigenvalue weighted by molar-refractivity contribution is -0.140. The first-order chi connectivity index (χ1) is 19.0. The third kappa shape index (κ3) is 6.32. The van der Waals surface area contributed by atoms with Crippen LogP contribution in [0.15, 0.2) is 57.5 Å². The van der Waals surface area contributed by atoms with Gasteiger partial charge in [-0.1, -0.05) is 60.5 Å². The molecule has 0 spiro atoms. The van der Waals surface area contributed by atoms with E-state index in [4.69, 9.17) is 37.4 Å². The fourth-order valence-corrected chi connectivity index (χ4v) is 5.68. The fraction of sp³-hybridized carbons (Fsp3) is 0.310. The lowest BCUT2D eigenvalue weighted by Crippen LogP contribution is -2.40. The number of carbonyl (C=O) groups is 2. The molecule has 1 aliphatic heterocycles. The highest BCUT2D eigenvalue weighted by atomic mass is 35.5. The average Bonchev–Trinajstić information content (AvgIpc) is 3.18. The molecular formula is C29H28Cl2N2O6S. The molecule has 1 aliphatic rings. The Kier molecular flexibility index (Phi) is 9.18. The van der Waals surface area contributed by atoms with Gasteiger partial charge in [0.25, 0.3) is 5.56 Å². The van der Waals surface area contributed by atoms with Crippen LogP contribution in [0, 0.1) is 5.92 Å². The Morgan fingerprint density at radius 3 is 2.55 bits per heavy atom. The van der Waals surface area contributed by atoms with E-state index in [-0.39, 0.29) is 29.4 Å². The van der Waals surface area contributed by atoms with E-state index in [1.165, 1.54) is 22.8 Å². The smallest absolute Gasteiger partial charge is 0.338 e. The Bertz CT molecular complexity index is 1690. The number of fused-ring (bicyclic) bond motifs is 1. The second kappa shape index (κ2) is 12.4. The van der Waals surface area contributed by atoms with E-state index < -0.39 is 18.0 Å². The summed E-state index contributed by atoms with van der Waals surface area (Å²) in [6.45, 7) is 9.19. The number of carbonyl (C=O) groups excluding carboxylic acids is 2. The predicted molar refractivity (Wildman–Crippen MR) is 155 cm³/mol. The number of allylic oxidation sites excluding steroid dienone is 1. The van der Waals surface area contributed by atoms with Gasteiger partial charge in [-0.15, -0.1) is 0 Å². The minimum absolute atomic E-state index is 0.112. The molecule has 0 amide bonds. The molecule has 0 saturated carbocycles. The Labute approximate surface area is 245 Å². The zero-order valence-corrected chi connectivity index (χ0v) is 24.9. The number of halogens is 2. The van der Waals surface area contributed by atoms with Gasteiger partial charge in [-0.2, -0.15) is 0 Å². The zero-order valence-electron chi connectivity index (χ0n) is 22.6. The van der Waals surface area contributed by atoms with Crippen molar-refractivity contribution in [2.75, 3.05) is 13.2 Å². The van der Waals surface area contributed by atoms with Crippen LogP contribution in [0.3, 0.4) is 0 Å². The first-order valence-corrected chi connectivity index (χ1v) is 14.2. The summed E-state index contributed by atoms with van der Waals surface area (Å²) >= 11 is 13.6. The molecule has 0 N–H and O–H groups in total. The topological polar surface area (TPSA) is 96.2 Å². The minimum atomic E-state index is -0.871. The number of aromatic nitrogens is 1. The molecular weight excluding hydrogens is 575 g/mol. The number of benzene rings is 2. The van der Waals surface area contributed by atoms with Crippen molar-refractivity contribution < 1.29 is 23.8 Å². The Hall–Kier alpha value is -3.40. The van der Waals surface area contributed by atoms with Gasteiger partial charge in [0.1, 0.15) is 0 Å². The maximum Gasteiger partial charge on any atom is 0.338 e. The van der Waals surface area contributed by atoms with Crippen LogP contribution < -0.4 is 24.4 Å². The fourth-order valence-electron chi connectivity index (χ4n) is 4.18. The molecule has 0 saturated heterocycles. The number of hydrogen-bond acceptors (Lipinski definition) is 8. The number of thiazole rings is 1. The van der Waals surface area contributed by atoms with E-state index in [9.17, 15) is 14.4 Å². The maximum absolute atomic E-state index is 13.9. The molecule has 0 aliphatic carbocycles. The Balaban J connectivity index is 1.94. The van der Waals surface area contributed by atoms with E-state index in [0.717, 1.165) is 0 Å². The molecule has 2 heterocycles. The summed E-state index contributed by atoms with van der Waals surface area (Å²) in [6.07, 6.45) is 1.67. The molecule has 0 bridgehead atoms. The number of ether oxygens (including phenoxy) is 3. The predicted octanol–water partition coefficient (Wildman–Crippen LogP) is 5.07. The molecule has 1 aromatic heterocycles. The van der Waals surface area contributed by atoms with Crippen molar-refractivity contribution in [1.29, 1.82) is 0 Å². The van der Waals surface area contributed by atoms with Gasteiger partial charge in [-0.25, -0.2) is 9.79 Å². The van der Waals surface area contributed by atoms with Gasteiger partial charge in [0.15, 0.2) is 16.3 Å². The van der Waals surface area contributed by atoms with Crippen LogP contribution in [0.2, 0.25) is 10.0 Å². The van der Waals surface area contributed by atoms with Crippen LogP contribution in [-0.2, 0) is 14.3 Å². The summed E-state index contributed by atoms with van der Waals surface area (Å²) in [5.41, 5.74) is 1.47. The average molecular weight is 604 g/mol. The highest BCUT2D eigenvalue weighted by Gasteiger charge is 2.34. The van der Waals surface area contributed by atoms with Crippen molar-refractivity contribution in [3.05, 3.63) is 88.5 Å². The molecule has 0 unspecified atom stereocenters. The molecule has 0 fully saturated rings. The lowest BCUT2D eigenvalue weighted by Gasteiger charge is -2.25. The van der Waals surface area contributed by atoms with Gasteiger partial charge < -0.3 is 14.2 Å². The first-order valence-electron chi connectivity index (χ1n) is 12.6. The third-order valence-corrected chi connectivity index (χ3v) is 7.42. The van der Waals surface area contributed by atoms with Crippen LogP contribution in [0.25, 0.3) is 6.08 Å². The van der Waals surface area contributed by atoms with E-state index in [2.05, 4.69) is 4.99 Å². The number of rotatable bonds is 8. The first kappa shape index (κ1) is 29.6. The summed E-state index contributed by atoms with van der Waals surface area (Å²) in [5.74, 6) is -0.434. The zero-order chi connectivity index (χ0) is 29.1. The second-order valence-corrected chi connectivity index (χ2v) is 11.3. The molecule has 2 aromatic carbocycles. The molecule has 3 aromatic rings. The van der Waals surface area contributed by atoms with Crippen molar-refractivity contribution in [2.45, 2.75) is 40.7 Å². The largest absolute Gasteiger partial charge is 0.490 e. The van der Waals surface area contributed by atoms with E-state index in [1.54, 1.807) is 56.3 Å². The number of esters is 2. The van der Waals surface area contributed by atoms with Gasteiger partial charge in [0, 0.05) is 17.0 Å². The van der Waals surface area contributed by atoms with Crippen molar-refractivity contribution >= 4 is 52.6 Å². The van der Waals surface area contributed by atoms with Crippen LogP contribution >= 0.6 is 34.5 Å². The molecule has 0 radical (unpaired) electrons. The number of hydrogen-bond donors (Lipinski definition) is 0. The summed E-state index contributed by atoms with van der Waals surface area (Å²) in [5, 5.41) is 0.873. The minimum Gasteiger partial charge on any atom is -0.490 e. The Morgan fingerprint density at radius 1 is 1.15 bits per heavy atom. The van der Waals surface area contributed by atoms with Crippen molar-refractivity contribution in [3.63, 3.8) is 0 Å². The van der Waals surface area contributed by atoms with Gasteiger partial charge >= 0.3 is 11.9 Å². The normalized spacial score (nSPS) is 15.1. The molecule has 11 heteroatoms.